The van der Waals surface area contributed by atoms with E-state index in [0.29, 0.717) is 11.3 Å². The van der Waals surface area contributed by atoms with Gasteiger partial charge in [0.15, 0.2) is 0 Å². The summed E-state index contributed by atoms with van der Waals surface area (Å²) in [6, 6.07) is 7.02. The lowest BCUT2D eigenvalue weighted by Gasteiger charge is -2.09. The van der Waals surface area contributed by atoms with Gasteiger partial charge in [0.05, 0.1) is 17.2 Å². The molecule has 2 amide bonds. The van der Waals surface area contributed by atoms with E-state index in [1.165, 1.54) is 23.5 Å². The summed E-state index contributed by atoms with van der Waals surface area (Å²) in [4.78, 5) is 27.3. The van der Waals surface area contributed by atoms with Crippen molar-refractivity contribution in [3.05, 3.63) is 52.0 Å². The minimum Gasteiger partial charge on any atom is -0.487 e. The predicted octanol–water partition coefficient (Wildman–Crippen LogP) is 2.84. The second kappa shape index (κ2) is 9.88. The highest BCUT2D eigenvalue weighted by Crippen LogP contribution is 2.21. The molecule has 10 heteroatoms. The van der Waals surface area contributed by atoms with Crippen molar-refractivity contribution in [1.82, 2.24) is 15.6 Å². The Labute approximate surface area is 163 Å². The van der Waals surface area contributed by atoms with Crippen LogP contribution in [0.3, 0.4) is 0 Å². The molecule has 1 aromatic heterocycles. The smallest absolute Gasteiger partial charge is 0.405 e. The monoisotopic (exact) mass is 413 g/mol. The number of alkyl halides is 3. The van der Waals surface area contributed by atoms with E-state index in [1.807, 2.05) is 12.3 Å². The van der Waals surface area contributed by atoms with Crippen LogP contribution < -0.4 is 15.4 Å². The molecule has 0 saturated carbocycles. The molecule has 150 valence electrons. The number of aryl methyl sites for hydroxylation is 1. The van der Waals surface area contributed by atoms with Crippen molar-refractivity contribution in [3.8, 4) is 5.75 Å². The molecule has 28 heavy (non-hydrogen) atoms. The minimum absolute atomic E-state index is 0.279. The zero-order valence-corrected chi connectivity index (χ0v) is 15.7. The summed E-state index contributed by atoms with van der Waals surface area (Å²) in [5.74, 6) is -1.01. The van der Waals surface area contributed by atoms with E-state index in [2.05, 4.69) is 10.3 Å². The van der Waals surface area contributed by atoms with Crippen molar-refractivity contribution < 1.29 is 27.5 Å². The average Bonchev–Trinajstić information content (AvgIpc) is 3.06. The van der Waals surface area contributed by atoms with Crippen LogP contribution in [0.1, 0.15) is 16.3 Å². The fraction of sp³-hybridized carbons (Fsp3) is 0.278. The molecule has 0 atom stereocenters. The summed E-state index contributed by atoms with van der Waals surface area (Å²) < 4.78 is 41.7. The molecule has 1 aromatic carbocycles. The van der Waals surface area contributed by atoms with Gasteiger partial charge in [0.1, 0.15) is 18.9 Å². The number of nitrogens with zero attached hydrogens (tertiary/aromatic N) is 1. The quantitative estimate of drug-likeness (QED) is 0.653. The van der Waals surface area contributed by atoms with E-state index in [-0.39, 0.29) is 6.61 Å². The number of benzene rings is 1. The highest BCUT2D eigenvalue weighted by atomic mass is 32.1. The molecular formula is C18H18F3N3O3S. The molecule has 2 N–H and O–H groups in total. The van der Waals surface area contributed by atoms with Crippen molar-refractivity contribution in [1.29, 1.82) is 0 Å². The Morgan fingerprint density at radius 3 is 2.68 bits per heavy atom. The molecular weight excluding hydrogens is 395 g/mol. The maximum absolute atomic E-state index is 12.0. The summed E-state index contributed by atoms with van der Waals surface area (Å²) in [5.41, 5.74) is 1.43. The predicted molar refractivity (Wildman–Crippen MR) is 98.7 cm³/mol. The Hall–Kier alpha value is -2.88. The van der Waals surface area contributed by atoms with E-state index in [1.54, 1.807) is 29.6 Å². The number of para-hydroxylation sites is 1. The van der Waals surface area contributed by atoms with Gasteiger partial charge in [0.2, 0.25) is 11.8 Å². The zero-order valence-electron chi connectivity index (χ0n) is 14.9. The molecule has 0 aliphatic heterocycles. The van der Waals surface area contributed by atoms with Crippen LogP contribution in [0.25, 0.3) is 6.08 Å². The molecule has 6 nitrogen and oxygen atoms in total. The first kappa shape index (κ1) is 21.4. The fourth-order valence-corrected chi connectivity index (χ4v) is 2.63. The van der Waals surface area contributed by atoms with E-state index < -0.39 is 31.1 Å². The maximum atomic E-state index is 12.0. The first-order valence-electron chi connectivity index (χ1n) is 8.15. The Bertz CT molecular complexity index is 850. The van der Waals surface area contributed by atoms with Crippen LogP contribution in [-0.4, -0.2) is 36.1 Å². The summed E-state index contributed by atoms with van der Waals surface area (Å²) in [6.45, 7) is 0.176. The molecule has 2 rings (SSSR count). The molecule has 0 unspecified atom stereocenters. The van der Waals surface area contributed by atoms with Gasteiger partial charge in [-0.1, -0.05) is 18.2 Å². The van der Waals surface area contributed by atoms with Gasteiger partial charge in [-0.3, -0.25) is 9.59 Å². The number of nitrogens with one attached hydrogen (secondary N) is 2. The number of halogens is 3. The Morgan fingerprint density at radius 2 is 2.00 bits per heavy atom. The number of carbonyl (C=O) groups excluding carboxylic acids is 2. The third kappa shape index (κ3) is 7.78. The number of ether oxygens (including phenoxy) is 1. The van der Waals surface area contributed by atoms with Gasteiger partial charge >= 0.3 is 6.18 Å². The SMILES string of the molecule is Cc1nc(COc2ccccc2/C=C/C(=O)NCC(=O)NCC(F)(F)F)cs1. The van der Waals surface area contributed by atoms with Crippen molar-refractivity contribution in [2.75, 3.05) is 13.1 Å². The molecule has 2 aromatic rings. The summed E-state index contributed by atoms with van der Waals surface area (Å²) >= 11 is 1.52. The van der Waals surface area contributed by atoms with Crippen molar-refractivity contribution in [3.63, 3.8) is 0 Å². The van der Waals surface area contributed by atoms with E-state index >= 15 is 0 Å². The highest BCUT2D eigenvalue weighted by molar-refractivity contribution is 7.09. The lowest BCUT2D eigenvalue weighted by molar-refractivity contribution is -0.138. The lowest BCUT2D eigenvalue weighted by atomic mass is 10.2. The molecule has 0 radical (unpaired) electrons. The van der Waals surface area contributed by atoms with Gasteiger partial charge in [-0.05, 0) is 19.1 Å². The van der Waals surface area contributed by atoms with E-state index in [0.717, 1.165) is 10.7 Å². The number of rotatable bonds is 8. The number of carbonyl (C=O) groups is 2. The van der Waals surface area contributed by atoms with Crippen molar-refractivity contribution in [2.45, 2.75) is 19.7 Å². The largest absolute Gasteiger partial charge is 0.487 e. The van der Waals surface area contributed by atoms with Crippen molar-refractivity contribution in [2.24, 2.45) is 0 Å². The molecule has 0 spiro atoms. The van der Waals surface area contributed by atoms with Gasteiger partial charge in [0, 0.05) is 17.0 Å². The second-order valence-electron chi connectivity index (χ2n) is 5.63. The number of thiazole rings is 1. The molecule has 0 bridgehead atoms. The lowest BCUT2D eigenvalue weighted by Crippen LogP contribution is -2.40. The van der Waals surface area contributed by atoms with Crippen LogP contribution in [0.15, 0.2) is 35.7 Å². The molecule has 1 heterocycles. The number of aromatic nitrogens is 1. The average molecular weight is 413 g/mol. The summed E-state index contributed by atoms with van der Waals surface area (Å²) in [6.07, 6.45) is -1.84. The molecule has 0 saturated heterocycles. The molecule has 0 aliphatic carbocycles. The number of hydrogen-bond donors (Lipinski definition) is 2. The Kier molecular flexibility index (Phi) is 7.56. The van der Waals surface area contributed by atoms with Crippen LogP contribution in [-0.2, 0) is 16.2 Å². The van der Waals surface area contributed by atoms with Gasteiger partial charge in [0.25, 0.3) is 0 Å². The zero-order chi connectivity index (χ0) is 20.6. The van der Waals surface area contributed by atoms with Gasteiger partial charge in [-0.15, -0.1) is 11.3 Å². The first-order valence-corrected chi connectivity index (χ1v) is 9.03. The Morgan fingerprint density at radius 1 is 1.25 bits per heavy atom. The van der Waals surface area contributed by atoms with Gasteiger partial charge < -0.3 is 15.4 Å². The van der Waals surface area contributed by atoms with Crippen LogP contribution in [0.2, 0.25) is 0 Å². The van der Waals surface area contributed by atoms with E-state index in [9.17, 15) is 22.8 Å². The van der Waals surface area contributed by atoms with E-state index in [4.69, 9.17) is 4.74 Å². The fourth-order valence-electron chi connectivity index (χ4n) is 2.03. The maximum Gasteiger partial charge on any atom is 0.405 e. The second-order valence-corrected chi connectivity index (χ2v) is 6.69. The molecule has 0 aliphatic rings. The minimum atomic E-state index is -4.50. The highest BCUT2D eigenvalue weighted by Gasteiger charge is 2.27. The Balaban J connectivity index is 1.85. The van der Waals surface area contributed by atoms with Crippen LogP contribution >= 0.6 is 11.3 Å². The standard InChI is InChI=1S/C18H18F3N3O3S/c1-12-24-14(10-28-12)9-27-15-5-3-2-4-13(15)6-7-16(25)22-8-17(26)23-11-18(19,20)21/h2-7,10H,8-9,11H2,1H3,(H,22,25)(H,23,26)/b7-6+. The number of amides is 2. The molecule has 0 fully saturated rings. The van der Waals surface area contributed by atoms with Gasteiger partial charge in [-0.2, -0.15) is 13.2 Å². The van der Waals surface area contributed by atoms with Crippen LogP contribution in [0.5, 0.6) is 5.75 Å². The normalized spacial score (nSPS) is 11.4. The number of hydrogen-bond acceptors (Lipinski definition) is 5. The third-order valence-corrected chi connectivity index (χ3v) is 4.11. The van der Waals surface area contributed by atoms with Crippen molar-refractivity contribution >= 4 is 29.2 Å². The van der Waals surface area contributed by atoms with Crippen LogP contribution in [0, 0.1) is 6.92 Å². The topological polar surface area (TPSA) is 80.3 Å². The third-order valence-electron chi connectivity index (χ3n) is 3.28. The summed E-state index contributed by atoms with van der Waals surface area (Å²) in [7, 11) is 0. The summed E-state index contributed by atoms with van der Waals surface area (Å²) in [5, 5.41) is 6.71. The first-order chi connectivity index (χ1) is 13.2. The van der Waals surface area contributed by atoms with Gasteiger partial charge in [-0.25, -0.2) is 4.98 Å². The van der Waals surface area contributed by atoms with Crippen LogP contribution in [0.4, 0.5) is 13.2 Å².